The predicted molar refractivity (Wildman–Crippen MR) is 81.3 cm³/mol. The molecular weight excluding hydrogens is 278 g/mol. The van der Waals surface area contributed by atoms with Gasteiger partial charge in [-0.15, -0.1) is 0 Å². The van der Waals surface area contributed by atoms with Gasteiger partial charge in [-0.1, -0.05) is 37.3 Å². The zero-order valence-electron chi connectivity index (χ0n) is 10.9. The Morgan fingerprint density at radius 3 is 2.45 bits per heavy atom. The van der Waals surface area contributed by atoms with Gasteiger partial charge in [0.15, 0.2) is 11.6 Å². The highest BCUT2D eigenvalue weighted by Crippen LogP contribution is 2.26. The molecule has 0 heterocycles. The molecular formula is C15H14F2N2S. The van der Waals surface area contributed by atoms with E-state index in [0.29, 0.717) is 0 Å². The smallest absolute Gasteiger partial charge is 0.182 e. The van der Waals surface area contributed by atoms with E-state index >= 15 is 0 Å². The average molecular weight is 292 g/mol. The number of rotatable bonds is 4. The van der Waals surface area contributed by atoms with Crippen molar-refractivity contribution in [1.82, 2.24) is 0 Å². The minimum atomic E-state index is -1.03. The minimum absolute atomic E-state index is 0.0587. The molecule has 3 N–H and O–H groups in total. The summed E-state index contributed by atoms with van der Waals surface area (Å²) in [6, 6.07) is 10.3. The van der Waals surface area contributed by atoms with Crippen molar-refractivity contribution >= 4 is 28.6 Å². The molecule has 0 aromatic heterocycles. The standard InChI is InChI=1S/C15H14F2N2S/c1-2-9-5-3-4-6-11(9)19-12-8-7-10(15(18)20)13(16)14(12)17/h3-8,19H,2H2,1H3,(H2,18,20). The minimum Gasteiger partial charge on any atom is -0.389 e. The summed E-state index contributed by atoms with van der Waals surface area (Å²) >= 11 is 4.67. The fraction of sp³-hybridized carbons (Fsp3) is 0.133. The van der Waals surface area contributed by atoms with Crippen molar-refractivity contribution in [2.24, 2.45) is 5.73 Å². The molecule has 0 spiro atoms. The molecule has 0 fully saturated rings. The van der Waals surface area contributed by atoms with Crippen LogP contribution >= 0.6 is 12.2 Å². The molecule has 0 saturated carbocycles. The molecule has 0 unspecified atom stereocenters. The number of aryl methyl sites for hydroxylation is 1. The fourth-order valence-corrected chi connectivity index (χ4v) is 2.09. The molecule has 0 aliphatic rings. The highest BCUT2D eigenvalue weighted by atomic mass is 32.1. The van der Waals surface area contributed by atoms with Crippen LogP contribution in [-0.4, -0.2) is 4.99 Å². The zero-order chi connectivity index (χ0) is 14.7. The highest BCUT2D eigenvalue weighted by molar-refractivity contribution is 7.80. The Bertz CT molecular complexity index is 656. The van der Waals surface area contributed by atoms with Crippen LogP contribution in [0, 0.1) is 11.6 Å². The molecule has 2 aromatic rings. The van der Waals surface area contributed by atoms with E-state index < -0.39 is 11.6 Å². The van der Waals surface area contributed by atoms with Gasteiger partial charge >= 0.3 is 0 Å². The van der Waals surface area contributed by atoms with Crippen LogP contribution in [-0.2, 0) is 6.42 Å². The Morgan fingerprint density at radius 2 is 1.80 bits per heavy atom. The topological polar surface area (TPSA) is 38.0 Å². The third-order valence-corrected chi connectivity index (χ3v) is 3.24. The van der Waals surface area contributed by atoms with E-state index in [1.165, 1.54) is 12.1 Å². The van der Waals surface area contributed by atoms with Gasteiger partial charge in [0.05, 0.1) is 5.69 Å². The Labute approximate surface area is 121 Å². The van der Waals surface area contributed by atoms with E-state index in [9.17, 15) is 8.78 Å². The van der Waals surface area contributed by atoms with Gasteiger partial charge in [0.2, 0.25) is 0 Å². The molecule has 2 aromatic carbocycles. The van der Waals surface area contributed by atoms with E-state index in [1.807, 2.05) is 31.2 Å². The second-order valence-electron chi connectivity index (χ2n) is 4.29. The maximum absolute atomic E-state index is 14.0. The van der Waals surface area contributed by atoms with Gasteiger partial charge in [0.1, 0.15) is 4.99 Å². The molecule has 0 atom stereocenters. The SMILES string of the molecule is CCc1ccccc1Nc1ccc(C(N)=S)c(F)c1F. The van der Waals surface area contributed by atoms with Gasteiger partial charge in [-0.25, -0.2) is 8.78 Å². The zero-order valence-corrected chi connectivity index (χ0v) is 11.7. The third-order valence-electron chi connectivity index (χ3n) is 3.02. The Balaban J connectivity index is 2.40. The quantitative estimate of drug-likeness (QED) is 0.839. The second kappa shape index (κ2) is 5.96. The van der Waals surface area contributed by atoms with Crippen molar-refractivity contribution in [3.8, 4) is 0 Å². The normalized spacial score (nSPS) is 10.3. The van der Waals surface area contributed by atoms with E-state index in [1.54, 1.807) is 0 Å². The summed E-state index contributed by atoms with van der Waals surface area (Å²) in [4.78, 5) is -0.165. The van der Waals surface area contributed by atoms with Crippen LogP contribution in [0.5, 0.6) is 0 Å². The molecule has 0 aliphatic heterocycles. The van der Waals surface area contributed by atoms with Gasteiger partial charge in [-0.05, 0) is 30.2 Å². The molecule has 0 radical (unpaired) electrons. The van der Waals surface area contributed by atoms with Gasteiger partial charge in [0, 0.05) is 11.3 Å². The number of hydrogen-bond donors (Lipinski definition) is 2. The molecule has 5 heteroatoms. The van der Waals surface area contributed by atoms with Gasteiger partial charge in [-0.3, -0.25) is 0 Å². The first-order valence-corrected chi connectivity index (χ1v) is 6.58. The Hall–Kier alpha value is -2.01. The van der Waals surface area contributed by atoms with Crippen LogP contribution in [0.25, 0.3) is 0 Å². The number of hydrogen-bond acceptors (Lipinski definition) is 2. The summed E-state index contributed by atoms with van der Waals surface area (Å²) in [7, 11) is 0. The number of para-hydroxylation sites is 1. The molecule has 2 nitrogen and oxygen atoms in total. The van der Waals surface area contributed by atoms with Crippen LogP contribution in [0.2, 0.25) is 0 Å². The molecule has 20 heavy (non-hydrogen) atoms. The first-order chi connectivity index (χ1) is 9.54. The second-order valence-corrected chi connectivity index (χ2v) is 4.73. The fourth-order valence-electron chi connectivity index (χ4n) is 1.93. The predicted octanol–water partition coefficient (Wildman–Crippen LogP) is 3.91. The van der Waals surface area contributed by atoms with Gasteiger partial charge in [-0.2, -0.15) is 0 Å². The van der Waals surface area contributed by atoms with Crippen molar-refractivity contribution in [2.45, 2.75) is 13.3 Å². The van der Waals surface area contributed by atoms with Crippen LogP contribution in [0.15, 0.2) is 36.4 Å². The summed E-state index contributed by atoms with van der Waals surface area (Å²) in [6.45, 7) is 1.99. The van der Waals surface area contributed by atoms with Crippen LogP contribution in [0.4, 0.5) is 20.2 Å². The third kappa shape index (κ3) is 2.77. The summed E-state index contributed by atoms with van der Waals surface area (Å²) in [5, 5.41) is 2.90. The van der Waals surface area contributed by atoms with Crippen LogP contribution in [0.3, 0.4) is 0 Å². The number of halogens is 2. The molecule has 2 rings (SSSR count). The maximum atomic E-state index is 14.0. The van der Waals surface area contributed by atoms with Gasteiger partial charge in [0.25, 0.3) is 0 Å². The van der Waals surface area contributed by atoms with Crippen molar-refractivity contribution in [1.29, 1.82) is 0 Å². The number of benzene rings is 2. The lowest BCUT2D eigenvalue weighted by Gasteiger charge is -2.13. The van der Waals surface area contributed by atoms with Crippen molar-refractivity contribution in [2.75, 3.05) is 5.32 Å². The van der Waals surface area contributed by atoms with Crippen LogP contribution < -0.4 is 11.1 Å². The highest BCUT2D eigenvalue weighted by Gasteiger charge is 2.15. The molecule has 0 amide bonds. The number of nitrogens with two attached hydrogens (primary N) is 1. The molecule has 0 saturated heterocycles. The summed E-state index contributed by atoms with van der Waals surface area (Å²) in [6.07, 6.45) is 0.790. The monoisotopic (exact) mass is 292 g/mol. The number of thiocarbonyl (C=S) groups is 1. The Kier molecular flexibility index (Phi) is 4.29. The van der Waals surface area contributed by atoms with E-state index in [4.69, 9.17) is 5.73 Å². The molecule has 0 bridgehead atoms. The Morgan fingerprint density at radius 1 is 1.10 bits per heavy atom. The molecule has 104 valence electrons. The summed E-state index contributed by atoms with van der Waals surface area (Å²) in [5.41, 5.74) is 7.07. The van der Waals surface area contributed by atoms with Gasteiger partial charge < -0.3 is 11.1 Å². The van der Waals surface area contributed by atoms with Crippen molar-refractivity contribution in [3.05, 3.63) is 59.2 Å². The lowest BCUT2D eigenvalue weighted by molar-refractivity contribution is 0.510. The number of nitrogens with one attached hydrogen (secondary N) is 1. The average Bonchev–Trinajstić information content (AvgIpc) is 2.44. The van der Waals surface area contributed by atoms with Crippen LogP contribution in [0.1, 0.15) is 18.1 Å². The van der Waals surface area contributed by atoms with Crippen molar-refractivity contribution in [3.63, 3.8) is 0 Å². The first-order valence-electron chi connectivity index (χ1n) is 6.17. The maximum Gasteiger partial charge on any atom is 0.182 e. The summed E-state index contributed by atoms with van der Waals surface area (Å²) < 4.78 is 27.8. The van der Waals surface area contributed by atoms with Crippen molar-refractivity contribution < 1.29 is 8.78 Å². The lowest BCUT2D eigenvalue weighted by atomic mass is 10.1. The first kappa shape index (κ1) is 14.4. The summed E-state index contributed by atoms with van der Waals surface area (Å²) in [5.74, 6) is -2.02. The van der Waals surface area contributed by atoms with E-state index in [-0.39, 0.29) is 16.2 Å². The number of anilines is 2. The van der Waals surface area contributed by atoms with E-state index in [2.05, 4.69) is 17.5 Å². The lowest BCUT2D eigenvalue weighted by Crippen LogP contribution is -2.13. The van der Waals surface area contributed by atoms with E-state index in [0.717, 1.165) is 17.7 Å². The molecule has 0 aliphatic carbocycles. The largest absolute Gasteiger partial charge is 0.389 e.